The van der Waals surface area contributed by atoms with E-state index in [0.29, 0.717) is 6.07 Å². The number of hydrogen-bond donors (Lipinski definition) is 1. The lowest BCUT2D eigenvalue weighted by molar-refractivity contribution is 0.0762. The lowest BCUT2D eigenvalue weighted by atomic mass is 10.1. The first kappa shape index (κ1) is 13.4. The standard InChI is InChI=1S/C11H13F2NO3S/c1-11(15)4-5-14(7-11)18(16,17)10-3-2-8(12)6-9(10)13/h2-3,6,15H,4-5,7H2,1H3. The van der Waals surface area contributed by atoms with Crippen LogP contribution in [-0.4, -0.2) is 36.5 Å². The van der Waals surface area contributed by atoms with E-state index < -0.39 is 32.2 Å². The van der Waals surface area contributed by atoms with Crippen LogP contribution < -0.4 is 0 Å². The number of sulfonamides is 1. The molecule has 18 heavy (non-hydrogen) atoms. The molecule has 1 saturated heterocycles. The first-order chi connectivity index (χ1) is 8.22. The van der Waals surface area contributed by atoms with Gasteiger partial charge in [-0.05, 0) is 25.5 Å². The van der Waals surface area contributed by atoms with Gasteiger partial charge in [0.15, 0.2) is 0 Å². The molecule has 0 aliphatic carbocycles. The van der Waals surface area contributed by atoms with Crippen molar-refractivity contribution in [3.63, 3.8) is 0 Å². The summed E-state index contributed by atoms with van der Waals surface area (Å²) in [6.07, 6.45) is 0.287. The second-order valence-corrected chi connectivity index (χ2v) is 6.57. The van der Waals surface area contributed by atoms with Crippen LogP contribution in [0, 0.1) is 11.6 Å². The van der Waals surface area contributed by atoms with Crippen molar-refractivity contribution in [2.75, 3.05) is 13.1 Å². The summed E-state index contributed by atoms with van der Waals surface area (Å²) in [4.78, 5) is -0.568. The van der Waals surface area contributed by atoms with Crippen LogP contribution in [0.25, 0.3) is 0 Å². The van der Waals surface area contributed by atoms with Gasteiger partial charge in [0.2, 0.25) is 10.0 Å². The number of hydrogen-bond acceptors (Lipinski definition) is 3. The summed E-state index contributed by atoms with van der Waals surface area (Å²) >= 11 is 0. The second-order valence-electron chi connectivity index (χ2n) is 4.66. The van der Waals surface area contributed by atoms with Gasteiger partial charge in [0, 0.05) is 19.2 Å². The quantitative estimate of drug-likeness (QED) is 0.881. The smallest absolute Gasteiger partial charge is 0.246 e. The fraction of sp³-hybridized carbons (Fsp3) is 0.455. The maximum atomic E-state index is 13.5. The molecule has 0 bridgehead atoms. The van der Waals surface area contributed by atoms with Crippen molar-refractivity contribution in [1.29, 1.82) is 0 Å². The van der Waals surface area contributed by atoms with Crippen LogP contribution in [0.4, 0.5) is 8.78 Å². The van der Waals surface area contributed by atoms with E-state index in [0.717, 1.165) is 16.4 Å². The Morgan fingerprint density at radius 2 is 2.06 bits per heavy atom. The van der Waals surface area contributed by atoms with Crippen molar-refractivity contribution in [2.45, 2.75) is 23.8 Å². The minimum atomic E-state index is -4.03. The van der Waals surface area contributed by atoms with Crippen LogP contribution in [0.1, 0.15) is 13.3 Å². The molecule has 1 N–H and O–H groups in total. The van der Waals surface area contributed by atoms with Crippen molar-refractivity contribution in [1.82, 2.24) is 4.31 Å². The third-order valence-corrected chi connectivity index (χ3v) is 4.81. The largest absolute Gasteiger partial charge is 0.389 e. The van der Waals surface area contributed by atoms with E-state index in [1.165, 1.54) is 6.92 Å². The Morgan fingerprint density at radius 3 is 2.56 bits per heavy atom. The van der Waals surface area contributed by atoms with E-state index >= 15 is 0 Å². The molecule has 1 aromatic rings. The van der Waals surface area contributed by atoms with Crippen molar-refractivity contribution in [2.24, 2.45) is 0 Å². The van der Waals surface area contributed by atoms with E-state index in [1.807, 2.05) is 0 Å². The molecule has 1 aliphatic rings. The van der Waals surface area contributed by atoms with Gasteiger partial charge >= 0.3 is 0 Å². The van der Waals surface area contributed by atoms with Crippen LogP contribution in [0.2, 0.25) is 0 Å². The van der Waals surface area contributed by atoms with Gasteiger partial charge < -0.3 is 5.11 Å². The van der Waals surface area contributed by atoms with Gasteiger partial charge in [-0.2, -0.15) is 4.31 Å². The molecule has 0 radical (unpaired) electrons. The topological polar surface area (TPSA) is 57.6 Å². The van der Waals surface area contributed by atoms with E-state index in [9.17, 15) is 22.3 Å². The zero-order valence-electron chi connectivity index (χ0n) is 9.73. The molecule has 0 amide bonds. The molecule has 1 aliphatic heterocycles. The number of β-amino-alcohol motifs (C(OH)–C–C–N with tert-alkyl or cyclic N) is 1. The van der Waals surface area contributed by atoms with E-state index in [1.54, 1.807) is 0 Å². The molecule has 0 spiro atoms. The van der Waals surface area contributed by atoms with E-state index in [4.69, 9.17) is 0 Å². The number of benzene rings is 1. The lowest BCUT2D eigenvalue weighted by Gasteiger charge is -2.19. The summed E-state index contributed by atoms with van der Waals surface area (Å²) in [5, 5.41) is 9.73. The zero-order valence-corrected chi connectivity index (χ0v) is 10.5. The van der Waals surface area contributed by atoms with Gasteiger partial charge in [0.25, 0.3) is 0 Å². The van der Waals surface area contributed by atoms with Gasteiger partial charge in [-0.3, -0.25) is 0 Å². The number of nitrogens with zero attached hydrogens (tertiary/aromatic N) is 1. The van der Waals surface area contributed by atoms with Crippen LogP contribution in [-0.2, 0) is 10.0 Å². The van der Waals surface area contributed by atoms with Crippen molar-refractivity contribution in [3.8, 4) is 0 Å². The first-order valence-electron chi connectivity index (χ1n) is 5.40. The Hall–Kier alpha value is -1.05. The summed E-state index contributed by atoms with van der Waals surface area (Å²) < 4.78 is 51.4. The average molecular weight is 277 g/mol. The summed E-state index contributed by atoms with van der Waals surface area (Å²) in [6, 6.07) is 2.32. The van der Waals surface area contributed by atoms with Crippen LogP contribution in [0.15, 0.2) is 23.1 Å². The monoisotopic (exact) mass is 277 g/mol. The predicted molar refractivity (Wildman–Crippen MR) is 60.4 cm³/mol. The third kappa shape index (κ3) is 2.38. The number of aliphatic hydroxyl groups is 1. The summed E-state index contributed by atoms with van der Waals surface area (Å²) in [6.45, 7) is 1.54. The summed E-state index contributed by atoms with van der Waals surface area (Å²) in [5.74, 6) is -1.96. The van der Waals surface area contributed by atoms with Gasteiger partial charge in [-0.1, -0.05) is 0 Å². The van der Waals surface area contributed by atoms with Crippen LogP contribution in [0.3, 0.4) is 0 Å². The molecule has 4 nitrogen and oxygen atoms in total. The highest BCUT2D eigenvalue weighted by Crippen LogP contribution is 2.28. The molecule has 1 fully saturated rings. The molecule has 1 atom stereocenters. The Labute approximate surface area is 104 Å². The van der Waals surface area contributed by atoms with Crippen LogP contribution in [0.5, 0.6) is 0 Å². The van der Waals surface area contributed by atoms with Crippen molar-refractivity contribution >= 4 is 10.0 Å². The summed E-state index contributed by atoms with van der Waals surface area (Å²) in [5.41, 5.74) is -1.11. The Bertz CT molecular complexity index is 572. The maximum absolute atomic E-state index is 13.5. The predicted octanol–water partition coefficient (Wildman–Crippen LogP) is 1.11. The lowest BCUT2D eigenvalue weighted by Crippen LogP contribution is -2.34. The third-order valence-electron chi connectivity index (χ3n) is 2.93. The van der Waals surface area contributed by atoms with E-state index in [2.05, 4.69) is 0 Å². The highest BCUT2D eigenvalue weighted by molar-refractivity contribution is 7.89. The zero-order chi connectivity index (χ0) is 13.6. The molecule has 7 heteroatoms. The fourth-order valence-corrected chi connectivity index (χ4v) is 3.54. The summed E-state index contributed by atoms with van der Waals surface area (Å²) in [7, 11) is -4.03. The molecule has 100 valence electrons. The normalized spacial score (nSPS) is 25.6. The minimum absolute atomic E-state index is 0.0911. The minimum Gasteiger partial charge on any atom is -0.389 e. The Kier molecular flexibility index (Phi) is 3.16. The highest BCUT2D eigenvalue weighted by Gasteiger charge is 2.39. The molecule has 1 unspecified atom stereocenters. The molecule has 2 rings (SSSR count). The van der Waals surface area contributed by atoms with Gasteiger partial charge in [-0.25, -0.2) is 17.2 Å². The van der Waals surface area contributed by atoms with E-state index in [-0.39, 0.29) is 19.5 Å². The molecule has 0 saturated carbocycles. The average Bonchev–Trinajstić information content (AvgIpc) is 2.58. The number of halogens is 2. The van der Waals surface area contributed by atoms with Gasteiger partial charge in [0.1, 0.15) is 16.5 Å². The van der Waals surface area contributed by atoms with Crippen molar-refractivity contribution in [3.05, 3.63) is 29.8 Å². The molecule has 0 aromatic heterocycles. The van der Waals surface area contributed by atoms with Crippen LogP contribution >= 0.6 is 0 Å². The molecule has 1 heterocycles. The Morgan fingerprint density at radius 1 is 1.39 bits per heavy atom. The van der Waals surface area contributed by atoms with Crippen molar-refractivity contribution < 1.29 is 22.3 Å². The number of rotatable bonds is 2. The van der Waals surface area contributed by atoms with Gasteiger partial charge in [0.05, 0.1) is 5.60 Å². The van der Waals surface area contributed by atoms with Gasteiger partial charge in [-0.15, -0.1) is 0 Å². The molecule has 1 aromatic carbocycles. The molecular formula is C11H13F2NO3S. The Balaban J connectivity index is 2.38. The first-order valence-corrected chi connectivity index (χ1v) is 6.84. The SMILES string of the molecule is CC1(O)CCN(S(=O)(=O)c2ccc(F)cc2F)C1. The maximum Gasteiger partial charge on any atom is 0.246 e. The fourth-order valence-electron chi connectivity index (χ4n) is 1.93. The molecular weight excluding hydrogens is 264 g/mol. The second kappa shape index (κ2) is 4.25. The highest BCUT2D eigenvalue weighted by atomic mass is 32.2.